The van der Waals surface area contributed by atoms with Crippen LogP contribution in [0.2, 0.25) is 5.02 Å². The van der Waals surface area contributed by atoms with Crippen LogP contribution in [0.1, 0.15) is 17.2 Å². The highest BCUT2D eigenvalue weighted by Gasteiger charge is 2.65. The Kier molecular flexibility index (Phi) is 3.00. The van der Waals surface area contributed by atoms with Crippen molar-refractivity contribution in [3.63, 3.8) is 0 Å². The van der Waals surface area contributed by atoms with E-state index in [2.05, 4.69) is 0 Å². The molecule has 0 spiro atoms. The molecule has 0 aromatic heterocycles. The minimum atomic E-state index is -1.49. The monoisotopic (exact) mass is 292 g/mol. The van der Waals surface area contributed by atoms with E-state index < -0.39 is 23.5 Å². The van der Waals surface area contributed by atoms with Gasteiger partial charge >= 0.3 is 5.97 Å². The zero-order valence-electron chi connectivity index (χ0n) is 10.2. The van der Waals surface area contributed by atoms with Gasteiger partial charge in [-0.2, -0.15) is 0 Å². The highest BCUT2D eigenvalue weighted by Crippen LogP contribution is 2.58. The summed E-state index contributed by atoms with van der Waals surface area (Å²) >= 11 is 6.07. The maximum Gasteiger partial charge on any atom is 0.343 e. The number of epoxide rings is 1. The SMILES string of the molecule is O=C(O)[C@@]1(c2ccc(F)cc2)O[C@H]1c1ccccc1Cl. The quantitative estimate of drug-likeness (QED) is 0.881. The van der Waals surface area contributed by atoms with Gasteiger partial charge in [0, 0.05) is 10.6 Å². The fourth-order valence-corrected chi connectivity index (χ4v) is 2.56. The number of rotatable bonds is 3. The van der Waals surface area contributed by atoms with Crippen LogP contribution in [0.5, 0.6) is 0 Å². The molecule has 1 N–H and O–H groups in total. The van der Waals surface area contributed by atoms with E-state index in [0.29, 0.717) is 16.1 Å². The van der Waals surface area contributed by atoms with Crippen LogP contribution >= 0.6 is 11.6 Å². The molecule has 0 aliphatic carbocycles. The maximum atomic E-state index is 13.0. The van der Waals surface area contributed by atoms with Gasteiger partial charge in [0.1, 0.15) is 11.9 Å². The van der Waals surface area contributed by atoms with Crippen molar-refractivity contribution in [1.82, 2.24) is 0 Å². The summed E-state index contributed by atoms with van der Waals surface area (Å²) in [6.07, 6.45) is -0.667. The zero-order chi connectivity index (χ0) is 14.3. The number of ether oxygens (including phenoxy) is 1. The molecule has 3 nitrogen and oxygen atoms in total. The van der Waals surface area contributed by atoms with Crippen LogP contribution in [0.3, 0.4) is 0 Å². The number of hydrogen-bond acceptors (Lipinski definition) is 2. The molecular formula is C15H10ClFO3. The Hall–Kier alpha value is -1.91. The number of aliphatic carboxylic acids is 1. The Labute approximate surface area is 119 Å². The van der Waals surface area contributed by atoms with Crippen molar-refractivity contribution >= 4 is 17.6 Å². The van der Waals surface area contributed by atoms with Crippen LogP contribution in [0, 0.1) is 5.82 Å². The van der Waals surface area contributed by atoms with Crippen LogP contribution in [0.4, 0.5) is 4.39 Å². The smallest absolute Gasteiger partial charge is 0.343 e. The molecule has 0 amide bonds. The van der Waals surface area contributed by atoms with Gasteiger partial charge < -0.3 is 9.84 Å². The second-order valence-corrected chi connectivity index (χ2v) is 4.97. The summed E-state index contributed by atoms with van der Waals surface area (Å²) < 4.78 is 18.4. The van der Waals surface area contributed by atoms with E-state index in [0.717, 1.165) is 0 Å². The molecule has 1 aliphatic rings. The third kappa shape index (κ3) is 1.88. The van der Waals surface area contributed by atoms with Crippen LogP contribution in [-0.2, 0) is 15.1 Å². The molecule has 102 valence electrons. The van der Waals surface area contributed by atoms with Gasteiger partial charge in [-0.3, -0.25) is 0 Å². The molecule has 1 aliphatic heterocycles. The van der Waals surface area contributed by atoms with Gasteiger partial charge in [-0.25, -0.2) is 9.18 Å². The van der Waals surface area contributed by atoms with Gasteiger partial charge in [0.15, 0.2) is 0 Å². The number of carbonyl (C=O) groups is 1. The number of halogens is 2. The average Bonchev–Trinajstić information content (AvgIpc) is 3.17. The van der Waals surface area contributed by atoms with Crippen LogP contribution in [0.15, 0.2) is 48.5 Å². The molecule has 2 atom stereocenters. The molecule has 2 aromatic rings. The molecule has 0 radical (unpaired) electrons. The third-order valence-electron chi connectivity index (χ3n) is 3.39. The normalized spacial score (nSPS) is 24.4. The van der Waals surface area contributed by atoms with E-state index in [9.17, 15) is 14.3 Å². The summed E-state index contributed by atoms with van der Waals surface area (Å²) in [6.45, 7) is 0. The summed E-state index contributed by atoms with van der Waals surface area (Å²) in [6, 6.07) is 12.2. The largest absolute Gasteiger partial charge is 0.479 e. The molecule has 0 unspecified atom stereocenters. The minimum Gasteiger partial charge on any atom is -0.479 e. The number of carboxylic acids is 1. The van der Waals surface area contributed by atoms with Crippen LogP contribution in [0.25, 0.3) is 0 Å². The fraction of sp³-hybridized carbons (Fsp3) is 0.133. The van der Waals surface area contributed by atoms with Gasteiger partial charge in [-0.05, 0) is 23.8 Å². The Morgan fingerprint density at radius 1 is 1.20 bits per heavy atom. The first-order valence-electron chi connectivity index (χ1n) is 5.97. The molecule has 20 heavy (non-hydrogen) atoms. The zero-order valence-corrected chi connectivity index (χ0v) is 11.0. The van der Waals surface area contributed by atoms with Crippen molar-refractivity contribution in [2.24, 2.45) is 0 Å². The molecule has 0 saturated carbocycles. The number of benzene rings is 2. The Bertz CT molecular complexity index is 671. The van der Waals surface area contributed by atoms with Gasteiger partial charge in [0.05, 0.1) is 0 Å². The predicted octanol–water partition coefficient (Wildman–Crippen LogP) is 3.53. The van der Waals surface area contributed by atoms with E-state index in [4.69, 9.17) is 16.3 Å². The van der Waals surface area contributed by atoms with Gasteiger partial charge in [-0.15, -0.1) is 0 Å². The summed E-state index contributed by atoms with van der Waals surface area (Å²) in [4.78, 5) is 11.6. The lowest BCUT2D eigenvalue weighted by Gasteiger charge is -2.09. The summed E-state index contributed by atoms with van der Waals surface area (Å²) in [5.41, 5.74) is -0.476. The topological polar surface area (TPSA) is 49.8 Å². The molecule has 5 heteroatoms. The number of carboxylic acid groups (broad SMARTS) is 1. The maximum absolute atomic E-state index is 13.0. The standard InChI is InChI=1S/C15H10ClFO3/c16-12-4-2-1-3-11(12)13-15(20-13,14(18)19)9-5-7-10(17)8-6-9/h1-8,13H,(H,18,19)/t13-,15-/m0/s1. The summed E-state index contributed by atoms with van der Waals surface area (Å²) in [5.74, 6) is -1.54. The Morgan fingerprint density at radius 3 is 2.45 bits per heavy atom. The molecular weight excluding hydrogens is 283 g/mol. The number of hydrogen-bond donors (Lipinski definition) is 1. The first-order valence-corrected chi connectivity index (χ1v) is 6.35. The van der Waals surface area contributed by atoms with Crippen molar-refractivity contribution in [2.75, 3.05) is 0 Å². The first-order chi connectivity index (χ1) is 9.55. The van der Waals surface area contributed by atoms with Gasteiger partial charge in [0.2, 0.25) is 5.60 Å². The Morgan fingerprint density at radius 2 is 1.85 bits per heavy atom. The van der Waals surface area contributed by atoms with Crippen LogP contribution in [-0.4, -0.2) is 11.1 Å². The first kappa shape index (κ1) is 13.1. The second kappa shape index (κ2) is 4.58. The lowest BCUT2D eigenvalue weighted by atomic mass is 9.92. The van der Waals surface area contributed by atoms with Crippen molar-refractivity contribution in [1.29, 1.82) is 0 Å². The molecule has 1 fully saturated rings. The van der Waals surface area contributed by atoms with Crippen LogP contribution < -0.4 is 0 Å². The third-order valence-corrected chi connectivity index (χ3v) is 3.74. The van der Waals surface area contributed by atoms with Gasteiger partial charge in [0.25, 0.3) is 0 Å². The summed E-state index contributed by atoms with van der Waals surface area (Å²) in [5, 5.41) is 9.93. The highest BCUT2D eigenvalue weighted by molar-refractivity contribution is 6.31. The second-order valence-electron chi connectivity index (χ2n) is 4.57. The van der Waals surface area contributed by atoms with E-state index in [1.54, 1.807) is 24.3 Å². The van der Waals surface area contributed by atoms with Gasteiger partial charge in [-0.1, -0.05) is 41.9 Å². The molecule has 2 aromatic carbocycles. The van der Waals surface area contributed by atoms with E-state index in [1.165, 1.54) is 24.3 Å². The lowest BCUT2D eigenvalue weighted by molar-refractivity contribution is -0.143. The molecule has 0 bridgehead atoms. The predicted molar refractivity (Wildman–Crippen MR) is 71.0 cm³/mol. The summed E-state index contributed by atoms with van der Waals surface area (Å²) in [7, 11) is 0. The lowest BCUT2D eigenvalue weighted by Crippen LogP contribution is -2.22. The Balaban J connectivity index is 2.03. The van der Waals surface area contributed by atoms with Crippen molar-refractivity contribution in [2.45, 2.75) is 11.7 Å². The van der Waals surface area contributed by atoms with E-state index >= 15 is 0 Å². The molecule has 1 saturated heterocycles. The van der Waals surface area contributed by atoms with Crippen molar-refractivity contribution in [3.05, 3.63) is 70.5 Å². The van der Waals surface area contributed by atoms with Crippen molar-refractivity contribution in [3.8, 4) is 0 Å². The average molecular weight is 293 g/mol. The molecule has 3 rings (SSSR count). The van der Waals surface area contributed by atoms with Crippen molar-refractivity contribution < 1.29 is 19.0 Å². The van der Waals surface area contributed by atoms with E-state index in [-0.39, 0.29) is 0 Å². The van der Waals surface area contributed by atoms with E-state index in [1.807, 2.05) is 0 Å². The minimum absolute atomic E-state index is 0.399. The molecule has 1 heterocycles. The fourth-order valence-electron chi connectivity index (χ4n) is 2.33. The highest BCUT2D eigenvalue weighted by atomic mass is 35.5.